The smallest absolute Gasteiger partial charge is 0.312 e. The Morgan fingerprint density at radius 1 is 1.13 bits per heavy atom. The first kappa shape index (κ1) is 31.6. The van der Waals surface area contributed by atoms with Gasteiger partial charge in [-0.2, -0.15) is 0 Å². The third-order valence-corrected chi connectivity index (χ3v) is 13.8. The minimum atomic E-state index is -2.25. The second-order valence-electron chi connectivity index (χ2n) is 12.2. The molecular formula is C30H47NO6SSi. The molecule has 7 nitrogen and oxygen atoms in total. The van der Waals surface area contributed by atoms with Gasteiger partial charge in [0.25, 0.3) is 0 Å². The largest absolute Gasteiger partial charge is 0.496 e. The molecule has 3 rings (SSSR count). The number of aryl methyl sites for hydroxylation is 1. The van der Waals surface area contributed by atoms with Gasteiger partial charge in [-0.15, -0.1) is 11.3 Å². The van der Waals surface area contributed by atoms with E-state index < -0.39 is 20.2 Å². The van der Waals surface area contributed by atoms with Crippen molar-refractivity contribution >= 4 is 25.6 Å². The molecule has 0 aliphatic heterocycles. The van der Waals surface area contributed by atoms with Gasteiger partial charge in [0, 0.05) is 16.9 Å². The van der Waals surface area contributed by atoms with Crippen molar-refractivity contribution in [1.29, 1.82) is 0 Å². The van der Waals surface area contributed by atoms with Crippen molar-refractivity contribution in [2.24, 2.45) is 0 Å². The minimum Gasteiger partial charge on any atom is -0.496 e. The van der Waals surface area contributed by atoms with E-state index in [0.29, 0.717) is 12.1 Å². The summed E-state index contributed by atoms with van der Waals surface area (Å²) in [7, 11) is 1.09. The Labute approximate surface area is 239 Å². The Bertz CT molecular complexity index is 1110. The SMILES string of the molecule is COc1cc(C(O[Si](C)(C)C(C)(C)C)C(Cc2nc(C(C)C(=O)O)c(C)s2)OC2CCCC2)cc(OC)c1C. The lowest BCUT2D eigenvalue weighted by molar-refractivity contribution is -0.138. The molecule has 1 saturated carbocycles. The van der Waals surface area contributed by atoms with E-state index in [1.165, 1.54) is 0 Å². The number of thiazole rings is 1. The van der Waals surface area contributed by atoms with E-state index in [-0.39, 0.29) is 23.4 Å². The van der Waals surface area contributed by atoms with Gasteiger partial charge < -0.3 is 23.7 Å². The van der Waals surface area contributed by atoms with Gasteiger partial charge in [-0.05, 0) is 69.4 Å². The van der Waals surface area contributed by atoms with E-state index >= 15 is 0 Å². The predicted octanol–water partition coefficient (Wildman–Crippen LogP) is 7.60. The van der Waals surface area contributed by atoms with E-state index in [1.54, 1.807) is 32.5 Å². The summed E-state index contributed by atoms with van der Waals surface area (Å²) in [6.45, 7) is 16.9. The zero-order valence-corrected chi connectivity index (χ0v) is 27.2. The number of aromatic nitrogens is 1. The van der Waals surface area contributed by atoms with Crippen LogP contribution in [0.3, 0.4) is 0 Å². The van der Waals surface area contributed by atoms with Crippen molar-refractivity contribution < 1.29 is 28.5 Å². The Kier molecular flexibility index (Phi) is 10.3. The number of carbonyl (C=O) groups is 1. The Balaban J connectivity index is 2.13. The van der Waals surface area contributed by atoms with Crippen molar-refractivity contribution in [1.82, 2.24) is 4.98 Å². The number of carboxylic acid groups (broad SMARTS) is 1. The fourth-order valence-corrected chi connectivity index (χ4v) is 7.21. The first-order valence-electron chi connectivity index (χ1n) is 13.9. The van der Waals surface area contributed by atoms with Gasteiger partial charge in [0.05, 0.1) is 49.2 Å². The molecular weight excluding hydrogens is 530 g/mol. The molecule has 1 N–H and O–H groups in total. The first-order chi connectivity index (χ1) is 18.2. The van der Waals surface area contributed by atoms with Gasteiger partial charge >= 0.3 is 5.97 Å². The highest BCUT2D eigenvalue weighted by molar-refractivity contribution is 7.11. The number of nitrogens with zero attached hydrogens (tertiary/aromatic N) is 1. The van der Waals surface area contributed by atoms with Crippen LogP contribution in [0.5, 0.6) is 11.5 Å². The summed E-state index contributed by atoms with van der Waals surface area (Å²) in [5.74, 6) is -0.0355. The van der Waals surface area contributed by atoms with Crippen LogP contribution in [0.2, 0.25) is 18.1 Å². The summed E-state index contributed by atoms with van der Waals surface area (Å²) >= 11 is 1.55. The third kappa shape index (κ3) is 7.42. The first-order valence-corrected chi connectivity index (χ1v) is 17.7. The summed E-state index contributed by atoms with van der Waals surface area (Å²) in [4.78, 5) is 17.4. The summed E-state index contributed by atoms with van der Waals surface area (Å²) < 4.78 is 25.6. The molecule has 0 saturated heterocycles. The number of aliphatic carboxylic acids is 1. The second-order valence-corrected chi connectivity index (χ2v) is 18.3. The molecule has 2 aromatic rings. The molecule has 0 radical (unpaired) electrons. The normalized spacial score (nSPS) is 17.2. The molecule has 39 heavy (non-hydrogen) atoms. The van der Waals surface area contributed by atoms with E-state index in [0.717, 1.165) is 58.2 Å². The Hall–Kier alpha value is -1.94. The maximum Gasteiger partial charge on any atom is 0.312 e. The maximum atomic E-state index is 11.7. The van der Waals surface area contributed by atoms with Crippen LogP contribution in [0.4, 0.5) is 0 Å². The number of benzene rings is 1. The number of methoxy groups -OCH3 is 2. The number of hydrogen-bond acceptors (Lipinski definition) is 7. The second kappa shape index (κ2) is 12.7. The van der Waals surface area contributed by atoms with Gasteiger partial charge in [0.1, 0.15) is 11.5 Å². The van der Waals surface area contributed by atoms with Crippen LogP contribution in [-0.4, -0.2) is 50.8 Å². The molecule has 0 bridgehead atoms. The zero-order valence-electron chi connectivity index (χ0n) is 25.3. The maximum absolute atomic E-state index is 11.7. The Morgan fingerprint density at radius 3 is 2.18 bits per heavy atom. The molecule has 1 aromatic carbocycles. The lowest BCUT2D eigenvalue weighted by Gasteiger charge is -2.42. The number of rotatable bonds is 12. The zero-order chi connectivity index (χ0) is 29.1. The van der Waals surface area contributed by atoms with Crippen molar-refractivity contribution in [3.05, 3.63) is 38.8 Å². The highest BCUT2D eigenvalue weighted by Crippen LogP contribution is 2.44. The lowest BCUT2D eigenvalue weighted by atomic mass is 9.99. The molecule has 3 unspecified atom stereocenters. The minimum absolute atomic E-state index is 0.0100. The van der Waals surface area contributed by atoms with E-state index in [4.69, 9.17) is 23.6 Å². The molecule has 1 aliphatic rings. The standard InChI is InChI=1S/C30H47NO6SSi/c1-18-23(34-7)15-21(16-24(18)35-8)28(37-39(9,10)30(4,5)6)25(36-22-13-11-12-14-22)17-26-31-27(20(3)38-26)19(2)29(32)33/h15-16,19,22,25,28H,11-14,17H2,1-10H3,(H,32,33). The van der Waals surface area contributed by atoms with Crippen LogP contribution in [0.1, 0.15) is 92.1 Å². The number of ether oxygens (including phenoxy) is 3. The molecule has 218 valence electrons. The highest BCUT2D eigenvalue weighted by Gasteiger charge is 2.43. The summed E-state index contributed by atoms with van der Waals surface area (Å²) in [5, 5.41) is 10.5. The predicted molar refractivity (Wildman–Crippen MR) is 159 cm³/mol. The average molecular weight is 578 g/mol. The fourth-order valence-electron chi connectivity index (χ4n) is 4.86. The van der Waals surface area contributed by atoms with Gasteiger partial charge in [0.15, 0.2) is 8.32 Å². The molecule has 0 spiro atoms. The molecule has 1 fully saturated rings. The van der Waals surface area contributed by atoms with Crippen LogP contribution >= 0.6 is 11.3 Å². The summed E-state index contributed by atoms with van der Waals surface area (Å²) in [5.41, 5.74) is 2.52. The molecule has 1 aromatic heterocycles. The van der Waals surface area contributed by atoms with Gasteiger partial charge in [-0.25, -0.2) is 4.98 Å². The van der Waals surface area contributed by atoms with Crippen LogP contribution in [-0.2, 0) is 20.4 Å². The molecule has 1 heterocycles. The third-order valence-electron chi connectivity index (χ3n) is 8.37. The fraction of sp³-hybridized carbons (Fsp3) is 0.667. The van der Waals surface area contributed by atoms with Crippen molar-refractivity contribution in [2.45, 2.75) is 116 Å². The van der Waals surface area contributed by atoms with Crippen LogP contribution in [0.15, 0.2) is 12.1 Å². The monoisotopic (exact) mass is 577 g/mol. The average Bonchev–Trinajstić information content (AvgIpc) is 3.50. The summed E-state index contributed by atoms with van der Waals surface area (Å²) in [6.07, 6.45) is 4.39. The van der Waals surface area contributed by atoms with Gasteiger partial charge in [0.2, 0.25) is 0 Å². The molecule has 3 atom stereocenters. The van der Waals surface area contributed by atoms with E-state index in [2.05, 4.69) is 33.9 Å². The van der Waals surface area contributed by atoms with Crippen molar-refractivity contribution in [3.63, 3.8) is 0 Å². The highest BCUT2D eigenvalue weighted by atomic mass is 32.1. The van der Waals surface area contributed by atoms with Gasteiger partial charge in [-0.1, -0.05) is 33.6 Å². The van der Waals surface area contributed by atoms with Crippen LogP contribution in [0.25, 0.3) is 0 Å². The number of hydrogen-bond donors (Lipinski definition) is 1. The Morgan fingerprint density at radius 2 is 1.69 bits per heavy atom. The number of carboxylic acids is 1. The van der Waals surface area contributed by atoms with Gasteiger partial charge in [-0.3, -0.25) is 4.79 Å². The van der Waals surface area contributed by atoms with E-state index in [1.807, 2.05) is 26.0 Å². The van der Waals surface area contributed by atoms with Crippen molar-refractivity contribution in [2.75, 3.05) is 14.2 Å². The molecule has 0 amide bonds. The van der Waals surface area contributed by atoms with E-state index in [9.17, 15) is 9.90 Å². The molecule has 1 aliphatic carbocycles. The van der Waals surface area contributed by atoms with Crippen molar-refractivity contribution in [3.8, 4) is 11.5 Å². The molecule has 9 heteroatoms. The van der Waals surface area contributed by atoms with Crippen LogP contribution in [0, 0.1) is 13.8 Å². The summed E-state index contributed by atoms with van der Waals surface area (Å²) in [6, 6.07) is 4.09. The quantitative estimate of drug-likeness (QED) is 0.260. The van der Waals surface area contributed by atoms with Crippen LogP contribution < -0.4 is 9.47 Å². The lowest BCUT2D eigenvalue weighted by Crippen LogP contribution is -2.45. The topological polar surface area (TPSA) is 87.1 Å².